The molecule has 0 aliphatic heterocycles. The monoisotopic (exact) mass is 400 g/mol. The first-order chi connectivity index (χ1) is 13.5. The van der Waals surface area contributed by atoms with Gasteiger partial charge in [0.25, 0.3) is 5.91 Å². The zero-order chi connectivity index (χ0) is 20.4. The van der Waals surface area contributed by atoms with Crippen molar-refractivity contribution in [1.29, 1.82) is 0 Å². The zero-order valence-corrected chi connectivity index (χ0v) is 17.5. The first-order valence-corrected chi connectivity index (χ1v) is 10.0. The van der Waals surface area contributed by atoms with Gasteiger partial charge in [0.05, 0.1) is 12.7 Å². The predicted octanol–water partition coefficient (Wildman–Crippen LogP) is 5.17. The number of carbonyl (C=O) groups is 1. The maximum absolute atomic E-state index is 12.3. The van der Waals surface area contributed by atoms with E-state index in [4.69, 9.17) is 21.7 Å². The smallest absolute Gasteiger partial charge is 0.257 e. The van der Waals surface area contributed by atoms with Gasteiger partial charge in [-0.05, 0) is 80.5 Å². The number of nitrogens with one attached hydrogen (secondary N) is 2. The number of ether oxygens (including phenoxy) is 2. The second-order valence-corrected chi connectivity index (χ2v) is 6.90. The number of hydrogen-bond donors (Lipinski definition) is 2. The number of thiocarbonyl (C=S) groups is 1. The molecule has 2 rings (SSSR count). The molecule has 2 aromatic carbocycles. The molecule has 1 atom stereocenters. The van der Waals surface area contributed by atoms with Crippen LogP contribution in [0.25, 0.3) is 0 Å². The van der Waals surface area contributed by atoms with Crippen molar-refractivity contribution < 1.29 is 14.3 Å². The fourth-order valence-corrected chi connectivity index (χ4v) is 2.52. The molecule has 0 aromatic heterocycles. The maximum Gasteiger partial charge on any atom is 0.257 e. The summed E-state index contributed by atoms with van der Waals surface area (Å²) in [7, 11) is 0. The summed E-state index contributed by atoms with van der Waals surface area (Å²) in [6, 6.07) is 14.5. The Labute approximate surface area is 172 Å². The van der Waals surface area contributed by atoms with Crippen LogP contribution in [-0.2, 0) is 0 Å². The minimum Gasteiger partial charge on any atom is -0.494 e. The van der Waals surface area contributed by atoms with Gasteiger partial charge in [0.1, 0.15) is 11.5 Å². The number of anilines is 1. The van der Waals surface area contributed by atoms with Crippen LogP contribution in [0, 0.1) is 0 Å². The number of carbonyl (C=O) groups excluding carboxylic acids is 1. The largest absolute Gasteiger partial charge is 0.494 e. The van der Waals surface area contributed by atoms with Gasteiger partial charge in [0.15, 0.2) is 5.11 Å². The highest BCUT2D eigenvalue weighted by atomic mass is 32.1. The molecule has 1 unspecified atom stereocenters. The number of rotatable bonds is 9. The van der Waals surface area contributed by atoms with Gasteiger partial charge in [0, 0.05) is 11.3 Å². The Bertz CT molecular complexity index is 760. The molecule has 0 saturated heterocycles. The SMILES string of the molecule is CCCCOc1ccc(C(=O)NC(=S)Nc2ccc(OC(C)CC)cc2)cc1. The van der Waals surface area contributed by atoms with Gasteiger partial charge in [-0.15, -0.1) is 0 Å². The molecule has 0 aliphatic carbocycles. The van der Waals surface area contributed by atoms with Crippen molar-refractivity contribution in [2.24, 2.45) is 0 Å². The summed E-state index contributed by atoms with van der Waals surface area (Å²) >= 11 is 5.23. The lowest BCUT2D eigenvalue weighted by atomic mass is 10.2. The molecule has 0 radical (unpaired) electrons. The van der Waals surface area contributed by atoms with E-state index in [9.17, 15) is 4.79 Å². The lowest BCUT2D eigenvalue weighted by Crippen LogP contribution is -2.34. The van der Waals surface area contributed by atoms with Crippen molar-refractivity contribution in [2.45, 2.75) is 46.1 Å². The van der Waals surface area contributed by atoms with Crippen LogP contribution >= 0.6 is 12.2 Å². The Morgan fingerprint density at radius 3 is 2.29 bits per heavy atom. The van der Waals surface area contributed by atoms with Gasteiger partial charge in [-0.2, -0.15) is 0 Å². The third kappa shape index (κ3) is 7.19. The van der Waals surface area contributed by atoms with E-state index in [0.717, 1.165) is 36.4 Å². The minimum absolute atomic E-state index is 0.169. The standard InChI is InChI=1S/C22H28N2O3S/c1-4-6-15-26-19-11-7-17(8-12-19)21(25)24-22(28)23-18-9-13-20(14-10-18)27-16(3)5-2/h7-14,16H,4-6,15H2,1-3H3,(H2,23,24,25,28). The summed E-state index contributed by atoms with van der Waals surface area (Å²) in [6.07, 6.45) is 3.20. The molecule has 28 heavy (non-hydrogen) atoms. The zero-order valence-electron chi connectivity index (χ0n) is 16.7. The average molecular weight is 401 g/mol. The molecular formula is C22H28N2O3S. The summed E-state index contributed by atoms with van der Waals surface area (Å²) in [6.45, 7) is 6.90. The Balaban J connectivity index is 1.84. The molecule has 6 heteroatoms. The molecule has 2 aromatic rings. The van der Waals surface area contributed by atoms with Crippen LogP contribution in [0.4, 0.5) is 5.69 Å². The second-order valence-electron chi connectivity index (χ2n) is 6.50. The molecule has 150 valence electrons. The van der Waals surface area contributed by atoms with Crippen molar-refractivity contribution >= 4 is 28.9 Å². The number of amides is 1. The fraction of sp³-hybridized carbons (Fsp3) is 0.364. The number of hydrogen-bond acceptors (Lipinski definition) is 4. The quantitative estimate of drug-likeness (QED) is 0.449. The number of unbranched alkanes of at least 4 members (excludes halogenated alkanes) is 1. The van der Waals surface area contributed by atoms with Crippen molar-refractivity contribution in [3.63, 3.8) is 0 Å². The summed E-state index contributed by atoms with van der Waals surface area (Å²) in [5, 5.41) is 5.92. The van der Waals surface area contributed by atoms with Crippen molar-refractivity contribution in [3.8, 4) is 11.5 Å². The molecule has 0 heterocycles. The molecule has 2 N–H and O–H groups in total. The molecule has 5 nitrogen and oxygen atoms in total. The summed E-state index contributed by atoms with van der Waals surface area (Å²) in [4.78, 5) is 12.3. The Morgan fingerprint density at radius 2 is 1.68 bits per heavy atom. The van der Waals surface area contributed by atoms with Gasteiger partial charge in [-0.1, -0.05) is 20.3 Å². The van der Waals surface area contributed by atoms with Crippen molar-refractivity contribution in [1.82, 2.24) is 5.32 Å². The van der Waals surface area contributed by atoms with Crippen LogP contribution in [0.5, 0.6) is 11.5 Å². The van der Waals surface area contributed by atoms with E-state index in [1.807, 2.05) is 31.2 Å². The van der Waals surface area contributed by atoms with Crippen LogP contribution < -0.4 is 20.1 Å². The Hall–Kier alpha value is -2.60. The lowest BCUT2D eigenvalue weighted by molar-refractivity contribution is 0.0977. The first-order valence-electron chi connectivity index (χ1n) is 9.63. The fourth-order valence-electron chi connectivity index (χ4n) is 2.31. The third-order valence-corrected chi connectivity index (χ3v) is 4.34. The molecule has 0 aliphatic rings. The highest BCUT2D eigenvalue weighted by Gasteiger charge is 2.09. The summed E-state index contributed by atoms with van der Waals surface area (Å²) < 4.78 is 11.3. The topological polar surface area (TPSA) is 59.6 Å². The van der Waals surface area contributed by atoms with E-state index in [1.54, 1.807) is 24.3 Å². The maximum atomic E-state index is 12.3. The second kappa shape index (κ2) is 11.3. The molecule has 0 fully saturated rings. The number of benzene rings is 2. The van der Waals surface area contributed by atoms with Crippen LogP contribution in [0.3, 0.4) is 0 Å². The van der Waals surface area contributed by atoms with Gasteiger partial charge in [0.2, 0.25) is 0 Å². The highest BCUT2D eigenvalue weighted by Crippen LogP contribution is 2.18. The van der Waals surface area contributed by atoms with Crippen molar-refractivity contribution in [3.05, 3.63) is 54.1 Å². The van der Waals surface area contributed by atoms with Crippen LogP contribution in [0.2, 0.25) is 0 Å². The first kappa shape index (κ1) is 21.7. The Kier molecular flexibility index (Phi) is 8.75. The van der Waals surface area contributed by atoms with Crippen molar-refractivity contribution in [2.75, 3.05) is 11.9 Å². The van der Waals surface area contributed by atoms with E-state index in [0.29, 0.717) is 12.2 Å². The third-order valence-electron chi connectivity index (χ3n) is 4.13. The lowest BCUT2D eigenvalue weighted by Gasteiger charge is -2.14. The van der Waals surface area contributed by atoms with Gasteiger partial charge >= 0.3 is 0 Å². The molecule has 0 saturated carbocycles. The average Bonchev–Trinajstić information content (AvgIpc) is 2.70. The normalized spacial score (nSPS) is 11.4. The van der Waals surface area contributed by atoms with Crippen LogP contribution in [0.15, 0.2) is 48.5 Å². The van der Waals surface area contributed by atoms with E-state index in [2.05, 4.69) is 24.5 Å². The van der Waals surface area contributed by atoms with E-state index < -0.39 is 0 Å². The Morgan fingerprint density at radius 1 is 1.04 bits per heavy atom. The van der Waals surface area contributed by atoms with Gasteiger partial charge in [-0.25, -0.2) is 0 Å². The molecular weight excluding hydrogens is 372 g/mol. The van der Waals surface area contributed by atoms with E-state index in [-0.39, 0.29) is 17.1 Å². The van der Waals surface area contributed by atoms with Crippen LogP contribution in [0.1, 0.15) is 50.4 Å². The van der Waals surface area contributed by atoms with Gasteiger partial charge in [-0.3, -0.25) is 10.1 Å². The molecule has 0 bridgehead atoms. The summed E-state index contributed by atoms with van der Waals surface area (Å²) in [5.41, 5.74) is 1.30. The van der Waals surface area contributed by atoms with E-state index in [1.165, 1.54) is 0 Å². The van der Waals surface area contributed by atoms with E-state index >= 15 is 0 Å². The molecule has 0 spiro atoms. The summed E-state index contributed by atoms with van der Waals surface area (Å²) in [5.74, 6) is 1.29. The minimum atomic E-state index is -0.269. The van der Waals surface area contributed by atoms with Crippen LogP contribution in [-0.4, -0.2) is 23.7 Å². The highest BCUT2D eigenvalue weighted by molar-refractivity contribution is 7.80. The predicted molar refractivity (Wildman–Crippen MR) is 117 cm³/mol. The molecule has 1 amide bonds. The van der Waals surface area contributed by atoms with Gasteiger partial charge < -0.3 is 14.8 Å².